The Morgan fingerprint density at radius 1 is 1.38 bits per heavy atom. The molecule has 0 radical (unpaired) electrons. The summed E-state index contributed by atoms with van der Waals surface area (Å²) in [5.41, 5.74) is 0.330. The lowest BCUT2D eigenvalue weighted by Crippen LogP contribution is -2.34. The van der Waals surface area contributed by atoms with Crippen LogP contribution >= 0.6 is 0 Å². The van der Waals surface area contributed by atoms with Crippen LogP contribution in [0.2, 0.25) is 0 Å². The fraction of sp³-hybridized carbons (Fsp3) is 0.429. The van der Waals surface area contributed by atoms with E-state index >= 15 is 0 Å². The number of aliphatic carboxylic acids is 1. The van der Waals surface area contributed by atoms with Gasteiger partial charge in [-0.15, -0.1) is 0 Å². The third kappa shape index (κ3) is 3.18. The lowest BCUT2D eigenvalue weighted by Gasteiger charge is -2.13. The normalized spacial score (nSPS) is 21.0. The zero-order chi connectivity index (χ0) is 15.6. The number of nitro benzene ring substituents is 1. The summed E-state index contributed by atoms with van der Waals surface area (Å²) in [5, 5.41) is 22.7. The van der Waals surface area contributed by atoms with Gasteiger partial charge < -0.3 is 10.4 Å². The predicted molar refractivity (Wildman–Crippen MR) is 74.1 cm³/mol. The van der Waals surface area contributed by atoms with Gasteiger partial charge in [0.2, 0.25) is 0 Å². The van der Waals surface area contributed by atoms with E-state index in [2.05, 4.69) is 5.32 Å². The Kier molecular flexibility index (Phi) is 4.21. The topological polar surface area (TPSA) is 110 Å². The molecule has 1 aromatic carbocycles. The highest BCUT2D eigenvalue weighted by Gasteiger charge is 2.32. The van der Waals surface area contributed by atoms with E-state index in [1.807, 2.05) is 0 Å². The number of carboxylic acid groups (broad SMARTS) is 1. The van der Waals surface area contributed by atoms with Gasteiger partial charge in [-0.05, 0) is 31.7 Å². The van der Waals surface area contributed by atoms with Gasteiger partial charge in [0.25, 0.3) is 11.6 Å². The molecule has 0 unspecified atom stereocenters. The first-order valence-corrected chi connectivity index (χ1v) is 6.67. The second-order valence-corrected chi connectivity index (χ2v) is 5.24. The second kappa shape index (κ2) is 5.90. The van der Waals surface area contributed by atoms with Gasteiger partial charge in [0.15, 0.2) is 0 Å². The molecular formula is C14H16N2O5. The van der Waals surface area contributed by atoms with Crippen molar-refractivity contribution in [2.24, 2.45) is 5.92 Å². The fourth-order valence-electron chi connectivity index (χ4n) is 2.69. The molecule has 1 saturated carbocycles. The summed E-state index contributed by atoms with van der Waals surface area (Å²) in [6.07, 6.45) is 1.44. The maximum atomic E-state index is 12.3. The quantitative estimate of drug-likeness (QED) is 0.650. The van der Waals surface area contributed by atoms with E-state index in [4.69, 9.17) is 5.11 Å². The average Bonchev–Trinajstić information content (AvgIpc) is 2.86. The molecule has 0 saturated heterocycles. The largest absolute Gasteiger partial charge is 0.481 e. The van der Waals surface area contributed by atoms with Crippen LogP contribution in [0.15, 0.2) is 18.2 Å². The standard InChI is InChI=1S/C14H16N2O5/c1-8-3-2-4-11(16(20)21)12(8)13(17)15-10-6-5-9(7-10)14(18)19/h2-4,9-10H,5-7H2,1H3,(H,15,17)(H,18,19)/t9-,10+/m0/s1. The summed E-state index contributed by atoms with van der Waals surface area (Å²) < 4.78 is 0. The number of nitrogens with zero attached hydrogens (tertiary/aromatic N) is 1. The minimum absolute atomic E-state index is 0.0428. The van der Waals surface area contributed by atoms with Gasteiger partial charge in [-0.2, -0.15) is 0 Å². The van der Waals surface area contributed by atoms with E-state index < -0.39 is 22.7 Å². The van der Waals surface area contributed by atoms with Gasteiger partial charge in [0, 0.05) is 12.1 Å². The van der Waals surface area contributed by atoms with Crippen molar-refractivity contribution in [2.45, 2.75) is 32.2 Å². The van der Waals surface area contributed by atoms with E-state index in [0.29, 0.717) is 24.8 Å². The molecule has 2 N–H and O–H groups in total. The summed E-state index contributed by atoms with van der Waals surface area (Å²) in [4.78, 5) is 33.6. The number of rotatable bonds is 4. The molecule has 21 heavy (non-hydrogen) atoms. The predicted octanol–water partition coefficient (Wildman–Crippen LogP) is 1.89. The maximum absolute atomic E-state index is 12.3. The van der Waals surface area contributed by atoms with Crippen LogP contribution in [0.5, 0.6) is 0 Å². The van der Waals surface area contributed by atoms with E-state index in [1.54, 1.807) is 13.0 Å². The summed E-state index contributed by atoms with van der Waals surface area (Å²) in [6.45, 7) is 1.64. The average molecular weight is 292 g/mol. The first-order chi connectivity index (χ1) is 9.90. The summed E-state index contributed by atoms with van der Waals surface area (Å²) in [6, 6.07) is 4.20. The smallest absolute Gasteiger partial charge is 0.306 e. The molecule has 7 heteroatoms. The van der Waals surface area contributed by atoms with Crippen LogP contribution in [0, 0.1) is 23.0 Å². The number of carboxylic acids is 1. The first-order valence-electron chi connectivity index (χ1n) is 6.67. The Morgan fingerprint density at radius 2 is 2.10 bits per heavy atom. The van der Waals surface area contributed by atoms with Crippen molar-refractivity contribution in [3.8, 4) is 0 Å². The highest BCUT2D eigenvalue weighted by molar-refractivity contribution is 5.99. The van der Waals surface area contributed by atoms with Crippen molar-refractivity contribution in [3.05, 3.63) is 39.4 Å². The molecule has 2 atom stereocenters. The number of benzene rings is 1. The van der Waals surface area contributed by atoms with Gasteiger partial charge in [-0.3, -0.25) is 19.7 Å². The lowest BCUT2D eigenvalue weighted by atomic mass is 10.0. The van der Waals surface area contributed by atoms with Crippen LogP contribution in [0.3, 0.4) is 0 Å². The number of carbonyl (C=O) groups excluding carboxylic acids is 1. The van der Waals surface area contributed by atoms with E-state index in [0.717, 1.165) is 0 Å². The van der Waals surface area contributed by atoms with Gasteiger partial charge in [-0.1, -0.05) is 12.1 Å². The highest BCUT2D eigenvalue weighted by atomic mass is 16.6. The molecule has 7 nitrogen and oxygen atoms in total. The number of amides is 1. The van der Waals surface area contributed by atoms with Crippen molar-refractivity contribution in [3.63, 3.8) is 0 Å². The molecule has 1 fully saturated rings. The van der Waals surface area contributed by atoms with Crippen LogP contribution < -0.4 is 5.32 Å². The van der Waals surface area contributed by atoms with Crippen LogP contribution in [-0.4, -0.2) is 27.9 Å². The molecule has 112 valence electrons. The molecule has 1 aliphatic carbocycles. The van der Waals surface area contributed by atoms with Crippen molar-refractivity contribution in [1.82, 2.24) is 5.32 Å². The Morgan fingerprint density at radius 3 is 2.67 bits per heavy atom. The van der Waals surface area contributed by atoms with Crippen LogP contribution in [-0.2, 0) is 4.79 Å². The number of nitrogens with one attached hydrogen (secondary N) is 1. The molecule has 0 spiro atoms. The molecule has 0 heterocycles. The Labute approximate surface area is 121 Å². The van der Waals surface area contributed by atoms with Gasteiger partial charge >= 0.3 is 5.97 Å². The maximum Gasteiger partial charge on any atom is 0.306 e. The van der Waals surface area contributed by atoms with Crippen molar-refractivity contribution < 1.29 is 19.6 Å². The second-order valence-electron chi connectivity index (χ2n) is 5.24. The number of carbonyl (C=O) groups is 2. The molecule has 1 aromatic rings. The van der Waals surface area contributed by atoms with Crippen molar-refractivity contribution >= 4 is 17.6 Å². The molecule has 0 aromatic heterocycles. The summed E-state index contributed by atoms with van der Waals surface area (Å²) >= 11 is 0. The zero-order valence-electron chi connectivity index (χ0n) is 11.5. The molecule has 0 bridgehead atoms. The third-order valence-corrected chi connectivity index (χ3v) is 3.79. The molecular weight excluding hydrogens is 276 g/mol. The highest BCUT2D eigenvalue weighted by Crippen LogP contribution is 2.27. The summed E-state index contributed by atoms with van der Waals surface area (Å²) in [5.74, 6) is -1.84. The van der Waals surface area contributed by atoms with E-state index in [-0.39, 0.29) is 17.3 Å². The van der Waals surface area contributed by atoms with Gasteiger partial charge in [-0.25, -0.2) is 0 Å². The Bertz CT molecular complexity index is 599. The minimum Gasteiger partial charge on any atom is -0.481 e. The van der Waals surface area contributed by atoms with Crippen LogP contribution in [0.1, 0.15) is 35.2 Å². The molecule has 1 aliphatic rings. The van der Waals surface area contributed by atoms with Crippen molar-refractivity contribution in [2.75, 3.05) is 0 Å². The number of aryl methyl sites for hydroxylation is 1. The Hall–Kier alpha value is -2.44. The molecule has 2 rings (SSSR count). The van der Waals surface area contributed by atoms with E-state index in [1.165, 1.54) is 12.1 Å². The van der Waals surface area contributed by atoms with Crippen LogP contribution in [0.4, 0.5) is 5.69 Å². The number of nitro groups is 1. The Balaban J connectivity index is 2.15. The molecule has 1 amide bonds. The first kappa shape index (κ1) is 15.0. The molecule has 0 aliphatic heterocycles. The fourth-order valence-corrected chi connectivity index (χ4v) is 2.69. The monoisotopic (exact) mass is 292 g/mol. The van der Waals surface area contributed by atoms with E-state index in [9.17, 15) is 19.7 Å². The van der Waals surface area contributed by atoms with Crippen LogP contribution in [0.25, 0.3) is 0 Å². The number of hydrogen-bond donors (Lipinski definition) is 2. The third-order valence-electron chi connectivity index (χ3n) is 3.79. The minimum atomic E-state index is -0.867. The van der Waals surface area contributed by atoms with Gasteiger partial charge in [0.05, 0.1) is 10.8 Å². The number of hydrogen-bond acceptors (Lipinski definition) is 4. The van der Waals surface area contributed by atoms with Gasteiger partial charge in [0.1, 0.15) is 5.56 Å². The van der Waals surface area contributed by atoms with Crippen molar-refractivity contribution in [1.29, 1.82) is 0 Å². The SMILES string of the molecule is Cc1cccc([N+](=O)[O-])c1C(=O)N[C@@H]1CC[C@H](C(=O)O)C1. The zero-order valence-corrected chi connectivity index (χ0v) is 11.5. The lowest BCUT2D eigenvalue weighted by molar-refractivity contribution is -0.385. The summed E-state index contributed by atoms with van der Waals surface area (Å²) in [7, 11) is 0.